The van der Waals surface area contributed by atoms with Crippen LogP contribution in [0.2, 0.25) is 0 Å². The summed E-state index contributed by atoms with van der Waals surface area (Å²) >= 11 is 0. The predicted molar refractivity (Wildman–Crippen MR) is 103 cm³/mol. The second-order valence-corrected chi connectivity index (χ2v) is 6.81. The Hall–Kier alpha value is -2.50. The van der Waals surface area contributed by atoms with Gasteiger partial charge in [-0.2, -0.15) is 0 Å². The average molecular weight is 353 g/mol. The number of carbonyl (C=O) groups is 1. The summed E-state index contributed by atoms with van der Waals surface area (Å²) in [5, 5.41) is 3.34. The normalized spacial score (nSPS) is 14.8. The van der Waals surface area contributed by atoms with Crippen molar-refractivity contribution in [1.82, 2.24) is 19.9 Å². The number of pyridine rings is 1. The SMILES string of the molecule is Cc1nc(-c2ccncc2)nc(NCCC(=O)N2CCCCCC2)c1C. The highest BCUT2D eigenvalue weighted by molar-refractivity contribution is 5.76. The van der Waals surface area contributed by atoms with Crippen LogP contribution >= 0.6 is 0 Å². The monoisotopic (exact) mass is 353 g/mol. The molecule has 0 spiro atoms. The molecule has 0 saturated carbocycles. The van der Waals surface area contributed by atoms with Crippen LogP contribution in [-0.2, 0) is 4.79 Å². The van der Waals surface area contributed by atoms with E-state index in [4.69, 9.17) is 0 Å². The molecule has 0 radical (unpaired) electrons. The maximum Gasteiger partial charge on any atom is 0.224 e. The van der Waals surface area contributed by atoms with Crippen molar-refractivity contribution in [3.05, 3.63) is 35.8 Å². The van der Waals surface area contributed by atoms with Crippen molar-refractivity contribution in [2.45, 2.75) is 46.0 Å². The first-order valence-electron chi connectivity index (χ1n) is 9.42. The lowest BCUT2D eigenvalue weighted by Gasteiger charge is -2.20. The van der Waals surface area contributed by atoms with Gasteiger partial charge < -0.3 is 10.2 Å². The Morgan fingerprint density at radius 2 is 1.77 bits per heavy atom. The van der Waals surface area contributed by atoms with Gasteiger partial charge in [0.1, 0.15) is 5.82 Å². The van der Waals surface area contributed by atoms with Crippen molar-refractivity contribution in [3.8, 4) is 11.4 Å². The van der Waals surface area contributed by atoms with Crippen LogP contribution in [0.15, 0.2) is 24.5 Å². The van der Waals surface area contributed by atoms with Gasteiger partial charge in [-0.05, 0) is 38.8 Å². The maximum atomic E-state index is 12.4. The van der Waals surface area contributed by atoms with Crippen LogP contribution in [-0.4, -0.2) is 45.4 Å². The number of nitrogens with one attached hydrogen (secondary N) is 1. The first-order chi connectivity index (χ1) is 12.6. The highest BCUT2D eigenvalue weighted by Gasteiger charge is 2.15. The molecule has 1 aliphatic rings. The minimum atomic E-state index is 0.234. The van der Waals surface area contributed by atoms with E-state index in [2.05, 4.69) is 20.3 Å². The number of rotatable bonds is 5. The number of aromatic nitrogens is 3. The number of nitrogens with zero attached hydrogens (tertiary/aromatic N) is 4. The molecule has 2 aromatic rings. The molecule has 1 fully saturated rings. The van der Waals surface area contributed by atoms with Gasteiger partial charge in [0.15, 0.2) is 5.82 Å². The van der Waals surface area contributed by atoms with Crippen LogP contribution in [0.1, 0.15) is 43.4 Å². The zero-order chi connectivity index (χ0) is 18.4. The third-order valence-electron chi connectivity index (χ3n) is 4.92. The quantitative estimate of drug-likeness (QED) is 0.892. The van der Waals surface area contributed by atoms with Crippen molar-refractivity contribution in [1.29, 1.82) is 0 Å². The fourth-order valence-electron chi connectivity index (χ4n) is 3.20. The topological polar surface area (TPSA) is 71.0 Å². The van der Waals surface area contributed by atoms with E-state index in [1.165, 1.54) is 12.8 Å². The molecule has 1 aliphatic heterocycles. The van der Waals surface area contributed by atoms with Crippen LogP contribution in [0.25, 0.3) is 11.4 Å². The van der Waals surface area contributed by atoms with Crippen molar-refractivity contribution in [2.75, 3.05) is 25.0 Å². The van der Waals surface area contributed by atoms with Crippen molar-refractivity contribution in [2.24, 2.45) is 0 Å². The number of carbonyl (C=O) groups excluding carboxylic acids is 1. The lowest BCUT2D eigenvalue weighted by Crippen LogP contribution is -2.33. The Morgan fingerprint density at radius 3 is 2.46 bits per heavy atom. The second kappa shape index (κ2) is 8.74. The van der Waals surface area contributed by atoms with Gasteiger partial charge in [-0.3, -0.25) is 9.78 Å². The molecule has 3 rings (SSSR count). The molecule has 2 aromatic heterocycles. The summed E-state index contributed by atoms with van der Waals surface area (Å²) in [4.78, 5) is 27.7. The predicted octanol–water partition coefficient (Wildman–Crippen LogP) is 3.36. The van der Waals surface area contributed by atoms with E-state index < -0.39 is 0 Å². The molecule has 0 unspecified atom stereocenters. The lowest BCUT2D eigenvalue weighted by molar-refractivity contribution is -0.130. The highest BCUT2D eigenvalue weighted by Crippen LogP contribution is 2.21. The molecular formula is C20H27N5O. The lowest BCUT2D eigenvalue weighted by atomic mass is 10.2. The summed E-state index contributed by atoms with van der Waals surface area (Å²) in [6, 6.07) is 3.80. The van der Waals surface area contributed by atoms with Crippen LogP contribution < -0.4 is 5.32 Å². The van der Waals surface area contributed by atoms with E-state index in [0.29, 0.717) is 18.8 Å². The smallest absolute Gasteiger partial charge is 0.224 e. The van der Waals surface area contributed by atoms with Crippen LogP contribution in [0.4, 0.5) is 5.82 Å². The van der Waals surface area contributed by atoms with Gasteiger partial charge >= 0.3 is 0 Å². The van der Waals surface area contributed by atoms with Gasteiger partial charge in [-0.1, -0.05) is 12.8 Å². The molecule has 1 saturated heterocycles. The van der Waals surface area contributed by atoms with Crippen LogP contribution in [0.5, 0.6) is 0 Å². The molecule has 0 aliphatic carbocycles. The number of amides is 1. The Kier molecular flexibility index (Phi) is 6.15. The second-order valence-electron chi connectivity index (χ2n) is 6.81. The molecule has 0 aromatic carbocycles. The molecule has 0 atom stereocenters. The van der Waals surface area contributed by atoms with Gasteiger partial charge in [0.05, 0.1) is 0 Å². The van der Waals surface area contributed by atoms with E-state index in [1.807, 2.05) is 30.9 Å². The first kappa shape index (κ1) is 18.3. The largest absolute Gasteiger partial charge is 0.369 e. The zero-order valence-corrected chi connectivity index (χ0v) is 15.7. The summed E-state index contributed by atoms with van der Waals surface area (Å²) in [6.45, 7) is 6.37. The van der Waals surface area contributed by atoms with E-state index in [9.17, 15) is 4.79 Å². The van der Waals surface area contributed by atoms with Crippen molar-refractivity contribution in [3.63, 3.8) is 0 Å². The molecular weight excluding hydrogens is 326 g/mol. The molecule has 6 heteroatoms. The third kappa shape index (κ3) is 4.56. The fourth-order valence-corrected chi connectivity index (χ4v) is 3.20. The van der Waals surface area contributed by atoms with Gasteiger partial charge in [0.2, 0.25) is 5.91 Å². The number of anilines is 1. The van der Waals surface area contributed by atoms with Crippen LogP contribution in [0, 0.1) is 13.8 Å². The summed E-state index contributed by atoms with van der Waals surface area (Å²) in [5.74, 6) is 1.71. The number of aryl methyl sites for hydroxylation is 1. The Balaban J connectivity index is 1.64. The van der Waals surface area contributed by atoms with E-state index in [0.717, 1.165) is 48.6 Å². The standard InChI is InChI=1S/C20H27N5O/c1-15-16(2)23-20(17-7-10-21-11-8-17)24-19(15)22-12-9-18(26)25-13-5-3-4-6-14-25/h7-8,10-11H,3-6,9,12-14H2,1-2H3,(H,22,23,24). The molecule has 1 N–H and O–H groups in total. The number of hydrogen-bond acceptors (Lipinski definition) is 5. The number of hydrogen-bond donors (Lipinski definition) is 1. The molecule has 1 amide bonds. The molecule has 0 bridgehead atoms. The molecule has 26 heavy (non-hydrogen) atoms. The zero-order valence-electron chi connectivity index (χ0n) is 15.7. The van der Waals surface area contributed by atoms with Gasteiger partial charge in [0.25, 0.3) is 0 Å². The maximum absolute atomic E-state index is 12.4. The molecule has 138 valence electrons. The average Bonchev–Trinajstić information content (AvgIpc) is 2.95. The summed E-state index contributed by atoms with van der Waals surface area (Å²) in [5.41, 5.74) is 2.89. The summed E-state index contributed by atoms with van der Waals surface area (Å²) in [6.07, 6.45) is 8.69. The molecule has 3 heterocycles. The van der Waals surface area contributed by atoms with Gasteiger partial charge in [-0.25, -0.2) is 9.97 Å². The van der Waals surface area contributed by atoms with E-state index in [1.54, 1.807) is 12.4 Å². The highest BCUT2D eigenvalue weighted by atomic mass is 16.2. The third-order valence-corrected chi connectivity index (χ3v) is 4.92. The van der Waals surface area contributed by atoms with Crippen molar-refractivity contribution >= 4 is 11.7 Å². The van der Waals surface area contributed by atoms with Gasteiger partial charge in [-0.15, -0.1) is 0 Å². The van der Waals surface area contributed by atoms with Crippen molar-refractivity contribution < 1.29 is 4.79 Å². The Morgan fingerprint density at radius 1 is 1.08 bits per heavy atom. The van der Waals surface area contributed by atoms with E-state index in [-0.39, 0.29) is 5.91 Å². The Labute approximate surface area is 155 Å². The number of likely N-dealkylation sites (tertiary alicyclic amines) is 1. The summed E-state index contributed by atoms with van der Waals surface area (Å²) in [7, 11) is 0. The minimum absolute atomic E-state index is 0.234. The fraction of sp³-hybridized carbons (Fsp3) is 0.500. The Bertz CT molecular complexity index is 739. The minimum Gasteiger partial charge on any atom is -0.369 e. The molecule has 6 nitrogen and oxygen atoms in total. The van der Waals surface area contributed by atoms with E-state index >= 15 is 0 Å². The van der Waals surface area contributed by atoms with Crippen LogP contribution in [0.3, 0.4) is 0 Å². The van der Waals surface area contributed by atoms with Gasteiger partial charge in [0, 0.05) is 55.3 Å². The first-order valence-corrected chi connectivity index (χ1v) is 9.42. The summed E-state index contributed by atoms with van der Waals surface area (Å²) < 4.78 is 0.